The monoisotopic (exact) mass is 241 g/mol. The fraction of sp³-hybridized carbons (Fsp3) is 0.923. The smallest absolute Gasteiger partial charge is 0.237 e. The molecule has 4 nitrogen and oxygen atoms in total. The molecule has 1 fully saturated rings. The van der Waals surface area contributed by atoms with Crippen LogP contribution in [0.15, 0.2) is 0 Å². The highest BCUT2D eigenvalue weighted by molar-refractivity contribution is 5.81. The summed E-state index contributed by atoms with van der Waals surface area (Å²) in [7, 11) is 0. The summed E-state index contributed by atoms with van der Waals surface area (Å²) in [6, 6.07) is 0.196. The van der Waals surface area contributed by atoms with Gasteiger partial charge in [-0.25, -0.2) is 0 Å². The first kappa shape index (κ1) is 14.5. The predicted octanol–water partition coefficient (Wildman–Crippen LogP) is 1.10. The fourth-order valence-corrected chi connectivity index (χ4v) is 2.32. The molecule has 1 aliphatic heterocycles. The normalized spacial score (nSPS) is 22.6. The average Bonchev–Trinajstić information content (AvgIpc) is 2.24. The summed E-state index contributed by atoms with van der Waals surface area (Å²) in [5.41, 5.74) is 6.14. The van der Waals surface area contributed by atoms with E-state index in [1.807, 2.05) is 13.8 Å². The van der Waals surface area contributed by atoms with E-state index in [-0.39, 0.29) is 23.5 Å². The quantitative estimate of drug-likeness (QED) is 0.732. The van der Waals surface area contributed by atoms with E-state index in [0.717, 1.165) is 32.4 Å². The van der Waals surface area contributed by atoms with Crippen LogP contribution < -0.4 is 11.1 Å². The molecule has 1 aliphatic rings. The zero-order chi connectivity index (χ0) is 13.1. The molecule has 1 rings (SSSR count). The Morgan fingerprint density at radius 1 is 1.41 bits per heavy atom. The molecule has 0 bridgehead atoms. The Balaban J connectivity index is 2.36. The van der Waals surface area contributed by atoms with Gasteiger partial charge in [0.05, 0.1) is 6.04 Å². The Morgan fingerprint density at radius 2 is 2.00 bits per heavy atom. The zero-order valence-corrected chi connectivity index (χ0v) is 11.6. The van der Waals surface area contributed by atoms with Crippen LogP contribution in [0.2, 0.25) is 0 Å². The van der Waals surface area contributed by atoms with Crippen LogP contribution in [0.3, 0.4) is 0 Å². The second kappa shape index (κ2) is 5.83. The lowest BCUT2D eigenvalue weighted by atomic mass is 9.85. The van der Waals surface area contributed by atoms with E-state index in [1.165, 1.54) is 0 Å². The number of rotatable bonds is 6. The minimum Gasteiger partial charge on any atom is -0.352 e. The van der Waals surface area contributed by atoms with Gasteiger partial charge in [0.25, 0.3) is 0 Å². The third-order valence-electron chi connectivity index (χ3n) is 3.71. The molecule has 0 aromatic heterocycles. The van der Waals surface area contributed by atoms with Crippen molar-refractivity contribution >= 4 is 5.91 Å². The van der Waals surface area contributed by atoms with Crippen LogP contribution in [0.5, 0.6) is 0 Å². The van der Waals surface area contributed by atoms with Gasteiger partial charge < -0.3 is 11.1 Å². The van der Waals surface area contributed by atoms with Gasteiger partial charge in [-0.1, -0.05) is 20.3 Å². The first-order valence-corrected chi connectivity index (χ1v) is 6.75. The number of carbonyl (C=O) groups excluding carboxylic acids is 1. The van der Waals surface area contributed by atoms with E-state index in [4.69, 9.17) is 5.73 Å². The molecule has 0 radical (unpaired) electrons. The SMILES string of the molecule is CCCC1(N)CN(C(C)C(=O)NC(C)CC)C1. The third-order valence-corrected chi connectivity index (χ3v) is 3.71. The van der Waals surface area contributed by atoms with Crippen molar-refractivity contribution < 1.29 is 4.79 Å². The molecule has 1 amide bonds. The molecule has 0 saturated carbocycles. The summed E-state index contributed by atoms with van der Waals surface area (Å²) in [4.78, 5) is 14.1. The Bertz CT molecular complexity index is 261. The lowest BCUT2D eigenvalue weighted by Crippen LogP contribution is -2.70. The van der Waals surface area contributed by atoms with Crippen LogP contribution in [0, 0.1) is 0 Å². The van der Waals surface area contributed by atoms with Gasteiger partial charge in [0.15, 0.2) is 0 Å². The second-order valence-electron chi connectivity index (χ2n) is 5.51. The summed E-state index contributed by atoms with van der Waals surface area (Å²) < 4.78 is 0. The number of hydrogen-bond donors (Lipinski definition) is 2. The third kappa shape index (κ3) is 3.68. The number of carbonyl (C=O) groups is 1. The van der Waals surface area contributed by atoms with Crippen LogP contribution in [-0.2, 0) is 4.79 Å². The largest absolute Gasteiger partial charge is 0.352 e. The molecule has 0 spiro atoms. The standard InChI is InChI=1S/C13H27N3O/c1-5-7-13(14)8-16(9-13)11(4)12(17)15-10(3)6-2/h10-11H,5-9,14H2,1-4H3,(H,15,17). The number of hydrogen-bond acceptors (Lipinski definition) is 3. The Hall–Kier alpha value is -0.610. The number of likely N-dealkylation sites (tertiary alicyclic amines) is 1. The Kier molecular flexibility index (Phi) is 4.95. The van der Waals surface area contributed by atoms with Gasteiger partial charge in [-0.3, -0.25) is 9.69 Å². The van der Waals surface area contributed by atoms with E-state index >= 15 is 0 Å². The second-order valence-corrected chi connectivity index (χ2v) is 5.51. The lowest BCUT2D eigenvalue weighted by Gasteiger charge is -2.50. The molecular formula is C13H27N3O. The molecule has 2 atom stereocenters. The zero-order valence-electron chi connectivity index (χ0n) is 11.6. The van der Waals surface area contributed by atoms with Crippen molar-refractivity contribution in [2.24, 2.45) is 5.73 Å². The first-order valence-electron chi connectivity index (χ1n) is 6.75. The summed E-state index contributed by atoms with van der Waals surface area (Å²) in [6.45, 7) is 9.90. The van der Waals surface area contributed by atoms with Crippen LogP contribution in [0.1, 0.15) is 47.0 Å². The van der Waals surface area contributed by atoms with Gasteiger partial charge >= 0.3 is 0 Å². The number of amides is 1. The van der Waals surface area contributed by atoms with Gasteiger partial charge in [0, 0.05) is 24.7 Å². The van der Waals surface area contributed by atoms with Crippen molar-refractivity contribution in [3.63, 3.8) is 0 Å². The van der Waals surface area contributed by atoms with Gasteiger partial charge in [-0.15, -0.1) is 0 Å². The lowest BCUT2D eigenvalue weighted by molar-refractivity contribution is -0.129. The van der Waals surface area contributed by atoms with Crippen molar-refractivity contribution in [2.45, 2.75) is 64.6 Å². The molecular weight excluding hydrogens is 214 g/mol. The maximum atomic E-state index is 11.9. The molecule has 3 N–H and O–H groups in total. The van der Waals surface area contributed by atoms with E-state index in [9.17, 15) is 4.79 Å². The predicted molar refractivity (Wildman–Crippen MR) is 70.8 cm³/mol. The van der Waals surface area contributed by atoms with E-state index in [1.54, 1.807) is 0 Å². The van der Waals surface area contributed by atoms with E-state index < -0.39 is 0 Å². The van der Waals surface area contributed by atoms with Crippen molar-refractivity contribution in [1.82, 2.24) is 10.2 Å². The maximum Gasteiger partial charge on any atom is 0.237 e. The van der Waals surface area contributed by atoms with Crippen LogP contribution >= 0.6 is 0 Å². The molecule has 4 heteroatoms. The van der Waals surface area contributed by atoms with Crippen molar-refractivity contribution in [1.29, 1.82) is 0 Å². The van der Waals surface area contributed by atoms with Crippen molar-refractivity contribution in [2.75, 3.05) is 13.1 Å². The van der Waals surface area contributed by atoms with Crippen LogP contribution in [-0.4, -0.2) is 41.5 Å². The Morgan fingerprint density at radius 3 is 2.47 bits per heavy atom. The first-order chi connectivity index (χ1) is 7.91. The highest BCUT2D eigenvalue weighted by Crippen LogP contribution is 2.25. The Labute approximate surface area is 105 Å². The van der Waals surface area contributed by atoms with Crippen molar-refractivity contribution in [3.8, 4) is 0 Å². The molecule has 0 aromatic rings. The molecule has 1 heterocycles. The average molecular weight is 241 g/mol. The molecule has 2 unspecified atom stereocenters. The maximum absolute atomic E-state index is 11.9. The minimum atomic E-state index is -0.0578. The topological polar surface area (TPSA) is 58.4 Å². The number of nitrogens with one attached hydrogen (secondary N) is 1. The number of nitrogens with two attached hydrogens (primary N) is 1. The summed E-state index contributed by atoms with van der Waals surface area (Å²) in [5.74, 6) is 0.123. The van der Waals surface area contributed by atoms with Crippen LogP contribution in [0.4, 0.5) is 0 Å². The molecule has 1 saturated heterocycles. The van der Waals surface area contributed by atoms with Crippen molar-refractivity contribution in [3.05, 3.63) is 0 Å². The van der Waals surface area contributed by atoms with Crippen LogP contribution in [0.25, 0.3) is 0 Å². The molecule has 100 valence electrons. The molecule has 0 aromatic carbocycles. The summed E-state index contributed by atoms with van der Waals surface area (Å²) in [6.07, 6.45) is 3.12. The van der Waals surface area contributed by atoms with Gasteiger partial charge in [-0.2, -0.15) is 0 Å². The highest BCUT2D eigenvalue weighted by Gasteiger charge is 2.42. The highest BCUT2D eigenvalue weighted by atomic mass is 16.2. The summed E-state index contributed by atoms with van der Waals surface area (Å²) >= 11 is 0. The summed E-state index contributed by atoms with van der Waals surface area (Å²) in [5, 5.41) is 3.02. The number of nitrogens with zero attached hydrogens (tertiary/aromatic N) is 1. The minimum absolute atomic E-state index is 0.0559. The fourth-order valence-electron chi connectivity index (χ4n) is 2.32. The molecule has 0 aliphatic carbocycles. The van der Waals surface area contributed by atoms with Gasteiger partial charge in [0.1, 0.15) is 0 Å². The molecule has 17 heavy (non-hydrogen) atoms. The van der Waals surface area contributed by atoms with Gasteiger partial charge in [0.2, 0.25) is 5.91 Å². The van der Waals surface area contributed by atoms with E-state index in [0.29, 0.717) is 0 Å². The van der Waals surface area contributed by atoms with Gasteiger partial charge in [-0.05, 0) is 26.7 Å². The van der Waals surface area contributed by atoms with E-state index in [2.05, 4.69) is 24.1 Å².